The number of ether oxygens (including phenoxy) is 1. The van der Waals surface area contributed by atoms with Crippen LogP contribution in [0.3, 0.4) is 0 Å². The molecule has 2 N–H and O–H groups in total. The van der Waals surface area contributed by atoms with Gasteiger partial charge >= 0.3 is 5.97 Å². The molecule has 0 saturated heterocycles. The molecule has 4 nitrogen and oxygen atoms in total. The minimum Gasteiger partial charge on any atom is -0.468 e. The van der Waals surface area contributed by atoms with Crippen LogP contribution in [0.2, 0.25) is 0 Å². The highest BCUT2D eigenvalue weighted by Crippen LogP contribution is 2.30. The van der Waals surface area contributed by atoms with E-state index in [1.54, 1.807) is 6.92 Å². The fraction of sp³-hybridized carbons (Fsp3) is 0.917. The van der Waals surface area contributed by atoms with E-state index in [2.05, 4.69) is 18.9 Å². The second-order valence-electron chi connectivity index (χ2n) is 5.35. The number of carbonyl (C=O) groups excluding carboxylic acids is 1. The summed E-state index contributed by atoms with van der Waals surface area (Å²) >= 11 is 0. The summed E-state index contributed by atoms with van der Waals surface area (Å²) in [5.41, 5.74) is 5.07. The van der Waals surface area contributed by atoms with E-state index in [0.717, 1.165) is 12.5 Å². The fourth-order valence-corrected chi connectivity index (χ4v) is 1.97. The van der Waals surface area contributed by atoms with Crippen molar-refractivity contribution in [2.75, 3.05) is 20.7 Å². The van der Waals surface area contributed by atoms with Gasteiger partial charge in [-0.3, -0.25) is 4.79 Å². The van der Waals surface area contributed by atoms with Crippen LogP contribution < -0.4 is 5.73 Å². The highest BCUT2D eigenvalue weighted by Gasteiger charge is 2.33. The monoisotopic (exact) mass is 228 g/mol. The molecule has 0 heterocycles. The molecule has 0 aromatic carbocycles. The van der Waals surface area contributed by atoms with E-state index in [9.17, 15) is 4.79 Å². The molecule has 94 valence electrons. The molecular weight excluding hydrogens is 204 g/mol. The lowest BCUT2D eigenvalue weighted by atomic mass is 9.94. The van der Waals surface area contributed by atoms with Crippen LogP contribution in [0.5, 0.6) is 0 Å². The first-order valence-corrected chi connectivity index (χ1v) is 5.94. The van der Waals surface area contributed by atoms with Gasteiger partial charge in [-0.15, -0.1) is 0 Å². The molecule has 2 unspecified atom stereocenters. The number of nitrogens with zero attached hydrogens (tertiary/aromatic N) is 1. The first kappa shape index (κ1) is 13.5. The van der Waals surface area contributed by atoms with Crippen molar-refractivity contribution in [2.24, 2.45) is 11.7 Å². The minimum atomic E-state index is -0.883. The van der Waals surface area contributed by atoms with Gasteiger partial charge < -0.3 is 15.4 Å². The summed E-state index contributed by atoms with van der Waals surface area (Å²) in [4.78, 5) is 13.7. The highest BCUT2D eigenvalue weighted by atomic mass is 16.5. The zero-order chi connectivity index (χ0) is 12.3. The third kappa shape index (κ3) is 3.76. The molecule has 0 aromatic heterocycles. The van der Waals surface area contributed by atoms with Crippen molar-refractivity contribution in [3.8, 4) is 0 Å². The van der Waals surface area contributed by atoms with Crippen LogP contribution in [0.1, 0.15) is 33.1 Å². The van der Waals surface area contributed by atoms with Gasteiger partial charge in [0.15, 0.2) is 0 Å². The van der Waals surface area contributed by atoms with Crippen molar-refractivity contribution in [2.45, 2.75) is 44.7 Å². The molecule has 0 radical (unpaired) electrons. The van der Waals surface area contributed by atoms with E-state index in [-0.39, 0.29) is 5.97 Å². The quantitative estimate of drug-likeness (QED) is 0.689. The number of esters is 1. The lowest BCUT2D eigenvalue weighted by Gasteiger charge is -2.31. The molecule has 16 heavy (non-hydrogen) atoms. The SMILES string of the molecule is COC(=O)C(C)(N)CC(C)N(C)CC1CC1. The first-order valence-electron chi connectivity index (χ1n) is 5.94. The Morgan fingerprint density at radius 1 is 1.62 bits per heavy atom. The Hall–Kier alpha value is -0.610. The largest absolute Gasteiger partial charge is 0.468 e. The van der Waals surface area contributed by atoms with Gasteiger partial charge in [-0.1, -0.05) is 0 Å². The van der Waals surface area contributed by atoms with Gasteiger partial charge in [0, 0.05) is 12.6 Å². The molecule has 0 bridgehead atoms. The van der Waals surface area contributed by atoms with Crippen molar-refractivity contribution in [3.63, 3.8) is 0 Å². The van der Waals surface area contributed by atoms with E-state index in [1.807, 2.05) is 0 Å². The van der Waals surface area contributed by atoms with Gasteiger partial charge in [-0.25, -0.2) is 0 Å². The average molecular weight is 228 g/mol. The van der Waals surface area contributed by atoms with Crippen molar-refractivity contribution in [1.82, 2.24) is 4.90 Å². The molecule has 1 rings (SSSR count). The van der Waals surface area contributed by atoms with Gasteiger partial charge in [-0.05, 0) is 46.1 Å². The third-order valence-corrected chi connectivity index (χ3v) is 3.37. The number of rotatable bonds is 6. The van der Waals surface area contributed by atoms with Crippen LogP contribution in [-0.4, -0.2) is 43.2 Å². The normalized spacial score (nSPS) is 21.6. The summed E-state index contributed by atoms with van der Waals surface area (Å²) in [6.45, 7) is 4.95. The van der Waals surface area contributed by atoms with Gasteiger partial charge in [-0.2, -0.15) is 0 Å². The molecular formula is C12H24N2O2. The first-order chi connectivity index (χ1) is 7.36. The second kappa shape index (κ2) is 5.15. The molecule has 1 fully saturated rings. The fourth-order valence-electron chi connectivity index (χ4n) is 1.97. The second-order valence-corrected chi connectivity index (χ2v) is 5.35. The van der Waals surface area contributed by atoms with Crippen LogP contribution in [0.15, 0.2) is 0 Å². The number of carbonyl (C=O) groups is 1. The Morgan fingerprint density at radius 2 is 2.19 bits per heavy atom. The number of hydrogen-bond donors (Lipinski definition) is 1. The van der Waals surface area contributed by atoms with E-state index in [0.29, 0.717) is 12.5 Å². The van der Waals surface area contributed by atoms with Gasteiger partial charge in [0.1, 0.15) is 5.54 Å². The van der Waals surface area contributed by atoms with Crippen LogP contribution in [0.25, 0.3) is 0 Å². The zero-order valence-corrected chi connectivity index (χ0v) is 10.8. The summed E-state index contributed by atoms with van der Waals surface area (Å²) in [6.07, 6.45) is 3.31. The van der Waals surface area contributed by atoms with E-state index in [1.165, 1.54) is 20.0 Å². The predicted molar refractivity (Wildman–Crippen MR) is 64.0 cm³/mol. The molecule has 1 aliphatic rings. The van der Waals surface area contributed by atoms with Gasteiger partial charge in [0.25, 0.3) is 0 Å². The molecule has 0 aliphatic heterocycles. The van der Waals surface area contributed by atoms with Crippen LogP contribution in [-0.2, 0) is 9.53 Å². The minimum absolute atomic E-state index is 0.301. The Kier molecular flexibility index (Phi) is 4.33. The summed E-state index contributed by atoms with van der Waals surface area (Å²) in [6, 6.07) is 0.301. The maximum Gasteiger partial charge on any atom is 0.325 e. The van der Waals surface area contributed by atoms with Crippen molar-refractivity contribution in [1.29, 1.82) is 0 Å². The molecule has 0 spiro atoms. The molecule has 2 atom stereocenters. The van der Waals surface area contributed by atoms with Crippen LogP contribution in [0.4, 0.5) is 0 Å². The summed E-state index contributed by atoms with van der Waals surface area (Å²) in [7, 11) is 3.47. The summed E-state index contributed by atoms with van der Waals surface area (Å²) < 4.78 is 4.71. The third-order valence-electron chi connectivity index (χ3n) is 3.37. The lowest BCUT2D eigenvalue weighted by Crippen LogP contribution is -2.50. The molecule has 1 aliphatic carbocycles. The zero-order valence-electron chi connectivity index (χ0n) is 10.8. The number of methoxy groups -OCH3 is 1. The Labute approximate surface area is 98.1 Å². The number of nitrogens with two attached hydrogens (primary N) is 1. The van der Waals surface area contributed by atoms with Crippen molar-refractivity contribution >= 4 is 5.97 Å². The maximum atomic E-state index is 11.5. The average Bonchev–Trinajstić information content (AvgIpc) is 2.99. The van der Waals surface area contributed by atoms with Gasteiger partial charge in [0.2, 0.25) is 0 Å². The molecule has 4 heteroatoms. The van der Waals surface area contributed by atoms with E-state index in [4.69, 9.17) is 10.5 Å². The topological polar surface area (TPSA) is 55.6 Å². The van der Waals surface area contributed by atoms with Crippen molar-refractivity contribution < 1.29 is 9.53 Å². The summed E-state index contributed by atoms with van der Waals surface area (Å²) in [5, 5.41) is 0. The molecule has 0 amide bonds. The Morgan fingerprint density at radius 3 is 2.62 bits per heavy atom. The van der Waals surface area contributed by atoms with Gasteiger partial charge in [0.05, 0.1) is 7.11 Å². The maximum absolute atomic E-state index is 11.5. The van der Waals surface area contributed by atoms with E-state index >= 15 is 0 Å². The number of hydrogen-bond acceptors (Lipinski definition) is 4. The standard InChI is InChI=1S/C12H24N2O2/c1-9(14(3)8-10-5-6-10)7-12(2,13)11(15)16-4/h9-10H,5-8,13H2,1-4H3. The molecule has 0 aromatic rings. The van der Waals surface area contributed by atoms with Crippen LogP contribution >= 0.6 is 0 Å². The predicted octanol–water partition coefficient (Wildman–Crippen LogP) is 0.997. The Bertz CT molecular complexity index is 249. The van der Waals surface area contributed by atoms with Crippen molar-refractivity contribution in [3.05, 3.63) is 0 Å². The summed E-state index contributed by atoms with van der Waals surface area (Å²) in [5.74, 6) is 0.522. The van der Waals surface area contributed by atoms with Crippen LogP contribution in [0, 0.1) is 5.92 Å². The Balaban J connectivity index is 2.41. The smallest absolute Gasteiger partial charge is 0.325 e. The highest BCUT2D eigenvalue weighted by molar-refractivity contribution is 5.79. The van der Waals surface area contributed by atoms with E-state index < -0.39 is 5.54 Å². The lowest BCUT2D eigenvalue weighted by molar-refractivity contribution is -0.147. The molecule has 1 saturated carbocycles.